The van der Waals surface area contributed by atoms with Crippen LogP contribution in [0.2, 0.25) is 0 Å². The molecule has 0 radical (unpaired) electrons. The molecule has 4 rings (SSSR count). The predicted molar refractivity (Wildman–Crippen MR) is 92.3 cm³/mol. The molecule has 2 aliphatic heterocycles. The normalized spacial score (nSPS) is 21.8. The zero-order chi connectivity index (χ0) is 18.0. The van der Waals surface area contributed by atoms with Gasteiger partial charge in [-0.05, 0) is 36.2 Å². The van der Waals surface area contributed by atoms with E-state index in [2.05, 4.69) is 9.88 Å². The first-order chi connectivity index (χ1) is 12.6. The van der Waals surface area contributed by atoms with E-state index in [0.717, 1.165) is 37.4 Å². The lowest BCUT2D eigenvalue weighted by Gasteiger charge is -2.50. The Hall–Kier alpha value is -1.89. The summed E-state index contributed by atoms with van der Waals surface area (Å²) in [5.41, 5.74) is 1.54. The number of hydrogen-bond acceptors (Lipinski definition) is 4. The molecule has 3 heterocycles. The summed E-state index contributed by atoms with van der Waals surface area (Å²) in [6.07, 6.45) is 2.75. The summed E-state index contributed by atoms with van der Waals surface area (Å²) in [5, 5.41) is 0. The Morgan fingerprint density at radius 2 is 2.08 bits per heavy atom. The summed E-state index contributed by atoms with van der Waals surface area (Å²) in [5.74, 6) is -1.25. The summed E-state index contributed by atoms with van der Waals surface area (Å²) >= 11 is 0. The van der Waals surface area contributed by atoms with Gasteiger partial charge < -0.3 is 9.47 Å². The zero-order valence-corrected chi connectivity index (χ0v) is 14.5. The number of hydrogen-bond donors (Lipinski definition) is 0. The highest BCUT2D eigenvalue weighted by Crippen LogP contribution is 2.40. The topological polar surface area (TPSA) is 34.6 Å². The molecule has 1 aromatic carbocycles. The maximum Gasteiger partial charge on any atom is 0.159 e. The highest BCUT2D eigenvalue weighted by atomic mass is 19.2. The lowest BCUT2D eigenvalue weighted by atomic mass is 9.81. The van der Waals surface area contributed by atoms with Crippen molar-refractivity contribution in [3.8, 4) is 0 Å². The van der Waals surface area contributed by atoms with Gasteiger partial charge in [0.2, 0.25) is 0 Å². The van der Waals surface area contributed by atoms with Crippen LogP contribution in [-0.2, 0) is 22.6 Å². The van der Waals surface area contributed by atoms with Crippen molar-refractivity contribution in [2.45, 2.75) is 25.2 Å². The van der Waals surface area contributed by atoms with Crippen LogP contribution in [0.15, 0.2) is 42.6 Å². The van der Waals surface area contributed by atoms with Crippen LogP contribution in [0.5, 0.6) is 0 Å². The molecule has 0 amide bonds. The number of benzene rings is 1. The maximum absolute atomic E-state index is 13.3. The smallest absolute Gasteiger partial charge is 0.159 e. The Bertz CT molecular complexity index is 751. The second-order valence-corrected chi connectivity index (χ2v) is 7.13. The van der Waals surface area contributed by atoms with Gasteiger partial charge in [-0.15, -0.1) is 0 Å². The highest BCUT2D eigenvalue weighted by Gasteiger charge is 2.52. The van der Waals surface area contributed by atoms with Crippen LogP contribution in [0.25, 0.3) is 0 Å². The standard InChI is InChI=1S/C20H22F2N2O2/c21-18-5-4-15(9-19(18)22)10-24-13-20(14-24)16(6-8-26-20)11-25-12-17-3-1-2-7-23-17/h1-5,7,9,16H,6,8,10-14H2. The van der Waals surface area contributed by atoms with Crippen LogP contribution in [0.1, 0.15) is 17.7 Å². The van der Waals surface area contributed by atoms with Crippen molar-refractivity contribution >= 4 is 0 Å². The number of rotatable bonds is 6. The number of likely N-dealkylation sites (tertiary alicyclic amines) is 1. The van der Waals surface area contributed by atoms with Gasteiger partial charge in [-0.25, -0.2) is 8.78 Å². The lowest BCUT2D eigenvalue weighted by molar-refractivity contribution is -0.146. The van der Waals surface area contributed by atoms with Gasteiger partial charge in [0.15, 0.2) is 11.6 Å². The number of pyridine rings is 1. The average Bonchev–Trinajstić information content (AvgIpc) is 3.03. The maximum atomic E-state index is 13.3. The molecule has 138 valence electrons. The quantitative estimate of drug-likeness (QED) is 0.793. The van der Waals surface area contributed by atoms with Crippen molar-refractivity contribution in [1.82, 2.24) is 9.88 Å². The van der Waals surface area contributed by atoms with E-state index in [-0.39, 0.29) is 5.60 Å². The van der Waals surface area contributed by atoms with Crippen molar-refractivity contribution in [2.75, 3.05) is 26.3 Å². The van der Waals surface area contributed by atoms with Crippen LogP contribution in [0, 0.1) is 17.6 Å². The molecule has 6 heteroatoms. The van der Waals surface area contributed by atoms with Crippen LogP contribution in [-0.4, -0.2) is 41.8 Å². The zero-order valence-electron chi connectivity index (χ0n) is 14.5. The molecule has 26 heavy (non-hydrogen) atoms. The summed E-state index contributed by atoms with van der Waals surface area (Å²) in [4.78, 5) is 6.46. The molecular formula is C20H22F2N2O2. The fourth-order valence-corrected chi connectivity index (χ4v) is 3.88. The van der Waals surface area contributed by atoms with Crippen molar-refractivity contribution in [3.63, 3.8) is 0 Å². The number of halogens is 2. The van der Waals surface area contributed by atoms with Gasteiger partial charge in [0.1, 0.15) is 0 Å². The molecule has 4 nitrogen and oxygen atoms in total. The van der Waals surface area contributed by atoms with Gasteiger partial charge in [-0.3, -0.25) is 9.88 Å². The summed E-state index contributed by atoms with van der Waals surface area (Å²) < 4.78 is 38.3. The van der Waals surface area contributed by atoms with Crippen molar-refractivity contribution in [3.05, 3.63) is 65.5 Å². The summed E-state index contributed by atoms with van der Waals surface area (Å²) in [6.45, 7) is 4.09. The second kappa shape index (κ2) is 7.39. The lowest BCUT2D eigenvalue weighted by Crippen LogP contribution is -2.64. The largest absolute Gasteiger partial charge is 0.375 e. The Kier molecular flexibility index (Phi) is 4.98. The molecule has 0 bridgehead atoms. The van der Waals surface area contributed by atoms with E-state index in [1.165, 1.54) is 12.1 Å². The minimum absolute atomic E-state index is 0.164. The van der Waals surface area contributed by atoms with Crippen LogP contribution in [0.3, 0.4) is 0 Å². The van der Waals surface area contributed by atoms with Crippen molar-refractivity contribution in [2.24, 2.45) is 5.92 Å². The molecule has 0 N–H and O–H groups in total. The molecule has 1 atom stereocenters. The third-order valence-electron chi connectivity index (χ3n) is 5.27. The SMILES string of the molecule is Fc1ccc(CN2CC3(C2)OCCC3COCc2ccccn2)cc1F. The van der Waals surface area contributed by atoms with Gasteiger partial charge in [0, 0.05) is 38.4 Å². The Morgan fingerprint density at radius 1 is 1.19 bits per heavy atom. The summed E-state index contributed by atoms with van der Waals surface area (Å²) in [6, 6.07) is 9.87. The molecule has 0 aliphatic carbocycles. The Balaban J connectivity index is 1.28. The number of ether oxygens (including phenoxy) is 2. The minimum atomic E-state index is -0.807. The second-order valence-electron chi connectivity index (χ2n) is 7.13. The van der Waals surface area contributed by atoms with E-state index >= 15 is 0 Å². The fourth-order valence-electron chi connectivity index (χ4n) is 3.88. The third-order valence-corrected chi connectivity index (χ3v) is 5.27. The van der Waals surface area contributed by atoms with Gasteiger partial charge in [0.25, 0.3) is 0 Å². The van der Waals surface area contributed by atoms with Crippen LogP contribution in [0.4, 0.5) is 8.78 Å². The molecule has 2 saturated heterocycles. The molecule has 1 aromatic heterocycles. The van der Waals surface area contributed by atoms with E-state index in [1.54, 1.807) is 12.3 Å². The summed E-state index contributed by atoms with van der Waals surface area (Å²) in [7, 11) is 0. The van der Waals surface area contributed by atoms with E-state index < -0.39 is 11.6 Å². The van der Waals surface area contributed by atoms with Gasteiger partial charge in [-0.1, -0.05) is 12.1 Å². The Labute approximate surface area is 151 Å². The highest BCUT2D eigenvalue weighted by molar-refractivity contribution is 5.19. The first-order valence-electron chi connectivity index (χ1n) is 8.92. The van der Waals surface area contributed by atoms with Gasteiger partial charge >= 0.3 is 0 Å². The molecule has 2 aromatic rings. The molecule has 1 spiro atoms. The fraction of sp³-hybridized carbons (Fsp3) is 0.450. The molecular weight excluding hydrogens is 338 g/mol. The minimum Gasteiger partial charge on any atom is -0.375 e. The van der Waals surface area contributed by atoms with Crippen LogP contribution < -0.4 is 0 Å². The number of aromatic nitrogens is 1. The number of nitrogens with zero attached hydrogens (tertiary/aromatic N) is 2. The average molecular weight is 360 g/mol. The van der Waals surface area contributed by atoms with Gasteiger partial charge in [-0.2, -0.15) is 0 Å². The van der Waals surface area contributed by atoms with Gasteiger partial charge in [0.05, 0.1) is 24.5 Å². The monoisotopic (exact) mass is 360 g/mol. The van der Waals surface area contributed by atoms with E-state index in [9.17, 15) is 8.78 Å². The van der Waals surface area contributed by atoms with Crippen LogP contribution >= 0.6 is 0 Å². The van der Waals surface area contributed by atoms with Crippen molar-refractivity contribution in [1.29, 1.82) is 0 Å². The first-order valence-corrected chi connectivity index (χ1v) is 8.92. The van der Waals surface area contributed by atoms with Crippen molar-refractivity contribution < 1.29 is 18.3 Å². The van der Waals surface area contributed by atoms with E-state index in [4.69, 9.17) is 9.47 Å². The predicted octanol–water partition coefficient (Wildman–Crippen LogP) is 3.17. The molecule has 0 saturated carbocycles. The molecule has 2 fully saturated rings. The third kappa shape index (κ3) is 3.63. The Morgan fingerprint density at radius 3 is 2.85 bits per heavy atom. The molecule has 1 unspecified atom stereocenters. The van der Waals surface area contributed by atoms with E-state index in [0.29, 0.717) is 25.7 Å². The molecule has 2 aliphatic rings. The first kappa shape index (κ1) is 17.5. The van der Waals surface area contributed by atoms with E-state index in [1.807, 2.05) is 18.2 Å².